The van der Waals surface area contributed by atoms with E-state index in [0.29, 0.717) is 12.2 Å². The monoisotopic (exact) mass is 423 g/mol. The van der Waals surface area contributed by atoms with Crippen molar-refractivity contribution in [3.63, 3.8) is 0 Å². The van der Waals surface area contributed by atoms with Gasteiger partial charge in [0.2, 0.25) is 0 Å². The van der Waals surface area contributed by atoms with Crippen LogP contribution >= 0.6 is 11.6 Å². The van der Waals surface area contributed by atoms with Gasteiger partial charge in [0.15, 0.2) is 0 Å². The highest BCUT2D eigenvalue weighted by Crippen LogP contribution is 2.26. The third kappa shape index (κ3) is 4.74. The average Bonchev–Trinajstić information content (AvgIpc) is 3.02. The molecular formula is C24H26ClN3O2. The highest BCUT2D eigenvalue weighted by Gasteiger charge is 2.12. The number of nitrogens with one attached hydrogen (secondary N) is 1. The normalized spacial score (nSPS) is 11.1. The molecule has 0 saturated heterocycles. The molecule has 0 spiro atoms. The van der Waals surface area contributed by atoms with Crippen molar-refractivity contribution in [2.24, 2.45) is 5.10 Å². The summed E-state index contributed by atoms with van der Waals surface area (Å²) in [7, 11) is 0. The number of aryl methyl sites for hydroxylation is 1. The summed E-state index contributed by atoms with van der Waals surface area (Å²) in [5.41, 5.74) is 8.17. The molecular weight excluding hydrogens is 398 g/mol. The number of nitrogens with zero attached hydrogens (tertiary/aromatic N) is 2. The molecule has 0 radical (unpaired) electrons. The molecule has 3 rings (SSSR count). The summed E-state index contributed by atoms with van der Waals surface area (Å²) in [6, 6.07) is 14.9. The Morgan fingerprint density at radius 1 is 1.17 bits per heavy atom. The second kappa shape index (κ2) is 9.63. The van der Waals surface area contributed by atoms with E-state index in [1.807, 2.05) is 52.0 Å². The Bertz CT molecular complexity index is 1070. The molecule has 0 atom stereocenters. The molecule has 5 nitrogen and oxygen atoms in total. The fourth-order valence-electron chi connectivity index (χ4n) is 3.27. The molecule has 2 aromatic carbocycles. The van der Waals surface area contributed by atoms with Crippen molar-refractivity contribution < 1.29 is 9.53 Å². The van der Waals surface area contributed by atoms with Crippen molar-refractivity contribution in [3.05, 3.63) is 81.6 Å². The third-order valence-electron chi connectivity index (χ3n) is 4.91. The number of hydrogen-bond acceptors (Lipinski definition) is 3. The predicted octanol–water partition coefficient (Wildman–Crippen LogP) is 5.61. The number of rotatable bonds is 7. The minimum absolute atomic E-state index is 0.271. The van der Waals surface area contributed by atoms with E-state index in [1.54, 1.807) is 30.5 Å². The highest BCUT2D eigenvalue weighted by molar-refractivity contribution is 6.31. The van der Waals surface area contributed by atoms with E-state index in [1.165, 1.54) is 0 Å². The van der Waals surface area contributed by atoms with Crippen LogP contribution in [0.5, 0.6) is 5.75 Å². The SMILES string of the molecule is CCCOc1ccc(C(=O)N/N=C\c2cc(C)n(-c3cccc(Cl)c3C)c2C)cc1. The quantitative estimate of drug-likeness (QED) is 0.396. The van der Waals surface area contributed by atoms with Gasteiger partial charge in [-0.05, 0) is 75.2 Å². The molecule has 30 heavy (non-hydrogen) atoms. The van der Waals surface area contributed by atoms with Crippen LogP contribution in [0.1, 0.15) is 46.2 Å². The van der Waals surface area contributed by atoms with Crippen LogP contribution in [0.15, 0.2) is 53.6 Å². The molecule has 156 valence electrons. The molecule has 0 saturated carbocycles. The molecule has 0 aliphatic heterocycles. The van der Waals surface area contributed by atoms with Gasteiger partial charge >= 0.3 is 0 Å². The number of halogens is 1. The van der Waals surface area contributed by atoms with Gasteiger partial charge in [-0.1, -0.05) is 24.6 Å². The van der Waals surface area contributed by atoms with E-state index < -0.39 is 0 Å². The molecule has 0 unspecified atom stereocenters. The molecule has 1 heterocycles. The van der Waals surface area contributed by atoms with Crippen LogP contribution in [-0.2, 0) is 0 Å². The maximum absolute atomic E-state index is 12.3. The van der Waals surface area contributed by atoms with Crippen LogP contribution in [0.2, 0.25) is 5.02 Å². The Morgan fingerprint density at radius 3 is 2.60 bits per heavy atom. The van der Waals surface area contributed by atoms with Crippen molar-refractivity contribution in [2.75, 3.05) is 6.61 Å². The van der Waals surface area contributed by atoms with Crippen molar-refractivity contribution in [1.82, 2.24) is 9.99 Å². The fourth-order valence-corrected chi connectivity index (χ4v) is 3.44. The van der Waals surface area contributed by atoms with Gasteiger partial charge in [-0.3, -0.25) is 4.79 Å². The van der Waals surface area contributed by atoms with Crippen LogP contribution < -0.4 is 10.2 Å². The number of carbonyl (C=O) groups excluding carboxylic acids is 1. The lowest BCUT2D eigenvalue weighted by Gasteiger charge is -2.13. The van der Waals surface area contributed by atoms with Gasteiger partial charge in [-0.25, -0.2) is 5.43 Å². The molecule has 1 amide bonds. The van der Waals surface area contributed by atoms with E-state index in [2.05, 4.69) is 15.1 Å². The molecule has 6 heteroatoms. The Kier molecular flexibility index (Phi) is 6.95. The lowest BCUT2D eigenvalue weighted by atomic mass is 10.2. The largest absolute Gasteiger partial charge is 0.494 e. The summed E-state index contributed by atoms with van der Waals surface area (Å²) in [5, 5.41) is 4.87. The molecule has 1 aromatic heterocycles. The standard InChI is InChI=1S/C24H26ClN3O2/c1-5-13-30-21-11-9-19(10-12-21)24(29)27-26-15-20-14-16(2)28(18(20)4)23-8-6-7-22(25)17(23)3/h6-12,14-15H,5,13H2,1-4H3,(H,27,29)/b26-15-. The minimum atomic E-state index is -0.271. The maximum Gasteiger partial charge on any atom is 0.271 e. The van der Waals surface area contributed by atoms with Gasteiger partial charge in [-0.2, -0.15) is 5.10 Å². The maximum atomic E-state index is 12.3. The first-order chi connectivity index (χ1) is 14.4. The number of benzene rings is 2. The highest BCUT2D eigenvalue weighted by atomic mass is 35.5. The lowest BCUT2D eigenvalue weighted by Crippen LogP contribution is -2.17. The summed E-state index contributed by atoms with van der Waals surface area (Å²) in [4.78, 5) is 12.3. The van der Waals surface area contributed by atoms with E-state index in [4.69, 9.17) is 16.3 Å². The van der Waals surface area contributed by atoms with Gasteiger partial charge in [0, 0.05) is 33.2 Å². The molecule has 0 bridgehead atoms. The first kappa shape index (κ1) is 21.7. The Morgan fingerprint density at radius 2 is 1.90 bits per heavy atom. The zero-order valence-electron chi connectivity index (χ0n) is 17.7. The van der Waals surface area contributed by atoms with Crippen molar-refractivity contribution in [2.45, 2.75) is 34.1 Å². The topological polar surface area (TPSA) is 55.6 Å². The van der Waals surface area contributed by atoms with Crippen LogP contribution in [0.4, 0.5) is 0 Å². The summed E-state index contributed by atoms with van der Waals surface area (Å²) >= 11 is 6.29. The van der Waals surface area contributed by atoms with E-state index in [0.717, 1.165) is 45.4 Å². The van der Waals surface area contributed by atoms with Crippen molar-refractivity contribution in [3.8, 4) is 11.4 Å². The number of hydrogen-bond donors (Lipinski definition) is 1. The van der Waals surface area contributed by atoms with E-state index in [-0.39, 0.29) is 5.91 Å². The van der Waals surface area contributed by atoms with Crippen LogP contribution in [0.3, 0.4) is 0 Å². The van der Waals surface area contributed by atoms with Crippen LogP contribution in [0, 0.1) is 20.8 Å². The second-order valence-electron chi connectivity index (χ2n) is 7.12. The summed E-state index contributed by atoms with van der Waals surface area (Å²) < 4.78 is 7.67. The Hall–Kier alpha value is -3.05. The van der Waals surface area contributed by atoms with E-state index in [9.17, 15) is 4.79 Å². The summed E-state index contributed by atoms with van der Waals surface area (Å²) in [5.74, 6) is 0.480. The van der Waals surface area contributed by atoms with Gasteiger partial charge in [0.1, 0.15) is 5.75 Å². The van der Waals surface area contributed by atoms with Crippen molar-refractivity contribution in [1.29, 1.82) is 0 Å². The van der Waals surface area contributed by atoms with Gasteiger partial charge in [0.05, 0.1) is 12.8 Å². The van der Waals surface area contributed by atoms with Crippen LogP contribution in [-0.4, -0.2) is 23.3 Å². The Labute approximate surface area is 182 Å². The number of aromatic nitrogens is 1. The minimum Gasteiger partial charge on any atom is -0.494 e. The number of amides is 1. The first-order valence-corrected chi connectivity index (χ1v) is 10.3. The predicted molar refractivity (Wildman–Crippen MR) is 122 cm³/mol. The molecule has 1 N–H and O–H groups in total. The lowest BCUT2D eigenvalue weighted by molar-refractivity contribution is 0.0955. The first-order valence-electron chi connectivity index (χ1n) is 9.93. The number of hydrazone groups is 1. The smallest absolute Gasteiger partial charge is 0.271 e. The summed E-state index contributed by atoms with van der Waals surface area (Å²) in [6.45, 7) is 8.76. The average molecular weight is 424 g/mol. The third-order valence-corrected chi connectivity index (χ3v) is 5.32. The number of carbonyl (C=O) groups is 1. The summed E-state index contributed by atoms with van der Waals surface area (Å²) in [6.07, 6.45) is 2.60. The Balaban J connectivity index is 1.72. The zero-order valence-corrected chi connectivity index (χ0v) is 18.5. The molecule has 3 aromatic rings. The van der Waals surface area contributed by atoms with Gasteiger partial charge in [-0.15, -0.1) is 0 Å². The van der Waals surface area contributed by atoms with Crippen LogP contribution in [0.25, 0.3) is 5.69 Å². The van der Waals surface area contributed by atoms with E-state index >= 15 is 0 Å². The molecule has 0 fully saturated rings. The fraction of sp³-hybridized carbons (Fsp3) is 0.250. The zero-order chi connectivity index (χ0) is 21.7. The van der Waals surface area contributed by atoms with Gasteiger partial charge in [0.25, 0.3) is 5.91 Å². The molecule has 0 aliphatic carbocycles. The van der Waals surface area contributed by atoms with Gasteiger partial charge < -0.3 is 9.30 Å². The second-order valence-corrected chi connectivity index (χ2v) is 7.53. The van der Waals surface area contributed by atoms with Crippen molar-refractivity contribution >= 4 is 23.7 Å². The molecule has 0 aliphatic rings. The number of ether oxygens (including phenoxy) is 1.